The average Bonchev–Trinajstić information content (AvgIpc) is 3.15. The Bertz CT molecular complexity index is 1080. The molecule has 1 aromatic heterocycles. The summed E-state index contributed by atoms with van der Waals surface area (Å²) in [7, 11) is -3.49. The molecule has 0 saturated heterocycles. The van der Waals surface area contributed by atoms with Crippen LogP contribution in [0.5, 0.6) is 5.75 Å². The fraction of sp³-hybridized carbons (Fsp3) is 0.211. The Morgan fingerprint density at radius 1 is 1.26 bits per heavy atom. The van der Waals surface area contributed by atoms with Gasteiger partial charge in [-0.15, -0.1) is 11.3 Å². The number of thiazole rings is 1. The third kappa shape index (κ3) is 3.54. The van der Waals surface area contributed by atoms with Crippen molar-refractivity contribution in [3.05, 3.63) is 63.6 Å². The molecule has 0 bridgehead atoms. The average molecular weight is 421 g/mol. The summed E-state index contributed by atoms with van der Waals surface area (Å²) in [6.07, 6.45) is 1.61. The highest BCUT2D eigenvalue weighted by Crippen LogP contribution is 2.40. The van der Waals surface area contributed by atoms with Crippen LogP contribution in [0.3, 0.4) is 0 Å². The number of ether oxygens (including phenoxy) is 1. The van der Waals surface area contributed by atoms with Crippen LogP contribution in [0, 0.1) is 6.92 Å². The van der Waals surface area contributed by atoms with E-state index in [1.807, 2.05) is 25.1 Å². The molecule has 0 N–H and O–H groups in total. The minimum Gasteiger partial charge on any atom is -0.489 e. The first-order chi connectivity index (χ1) is 13.0. The molecule has 4 rings (SSSR count). The molecule has 27 heavy (non-hydrogen) atoms. The number of halogens is 1. The van der Waals surface area contributed by atoms with Crippen LogP contribution in [0.2, 0.25) is 5.02 Å². The van der Waals surface area contributed by atoms with Gasteiger partial charge in [0.15, 0.2) is 9.84 Å². The van der Waals surface area contributed by atoms with Crippen LogP contribution in [-0.4, -0.2) is 26.6 Å². The lowest BCUT2D eigenvalue weighted by molar-refractivity contribution is 0.313. The molecule has 2 aromatic carbocycles. The van der Waals surface area contributed by atoms with E-state index in [2.05, 4.69) is 9.88 Å². The first-order valence-corrected chi connectivity index (χ1v) is 11.3. The van der Waals surface area contributed by atoms with Gasteiger partial charge in [-0.25, -0.2) is 13.4 Å². The quantitative estimate of drug-likeness (QED) is 0.616. The fourth-order valence-corrected chi connectivity index (χ4v) is 5.54. The largest absolute Gasteiger partial charge is 0.489 e. The fourth-order valence-electron chi connectivity index (χ4n) is 3.10. The lowest BCUT2D eigenvalue weighted by Gasteiger charge is -2.32. The molecule has 8 heteroatoms. The predicted octanol–water partition coefficient (Wildman–Crippen LogP) is 4.61. The molecule has 0 radical (unpaired) electrons. The van der Waals surface area contributed by atoms with Crippen molar-refractivity contribution in [2.45, 2.75) is 17.6 Å². The van der Waals surface area contributed by atoms with Crippen molar-refractivity contribution in [1.82, 2.24) is 4.98 Å². The van der Waals surface area contributed by atoms with Crippen LogP contribution < -0.4 is 9.64 Å². The molecule has 2 heterocycles. The summed E-state index contributed by atoms with van der Waals surface area (Å²) in [6.45, 7) is 3.11. The highest BCUT2D eigenvalue weighted by molar-refractivity contribution is 7.90. The number of aromatic nitrogens is 1. The molecule has 0 fully saturated rings. The molecule has 0 aliphatic carbocycles. The second-order valence-electron chi connectivity index (χ2n) is 6.20. The van der Waals surface area contributed by atoms with Gasteiger partial charge in [-0.1, -0.05) is 17.7 Å². The zero-order valence-corrected chi connectivity index (χ0v) is 16.9. The first-order valence-electron chi connectivity index (χ1n) is 8.36. The van der Waals surface area contributed by atoms with Crippen molar-refractivity contribution >= 4 is 44.1 Å². The summed E-state index contributed by atoms with van der Waals surface area (Å²) < 4.78 is 31.2. The van der Waals surface area contributed by atoms with Gasteiger partial charge in [0, 0.05) is 28.4 Å². The minimum absolute atomic E-state index is 0.111. The highest BCUT2D eigenvalue weighted by atomic mass is 35.5. The Kier molecular flexibility index (Phi) is 4.84. The minimum atomic E-state index is -3.49. The second kappa shape index (κ2) is 7.14. The van der Waals surface area contributed by atoms with Crippen LogP contribution in [0.25, 0.3) is 0 Å². The number of anilines is 2. The standard InChI is InChI=1S/C19H17ClN2O3S2/c1-13-15(20)3-2-4-16(13)22-8-9-25-18-11-14(5-6-17(18)22)27(23,24)12-19-21-7-10-26-19/h2-7,10-11H,8-9,12H2,1H3. The summed E-state index contributed by atoms with van der Waals surface area (Å²) >= 11 is 7.60. The van der Waals surface area contributed by atoms with Crippen molar-refractivity contribution < 1.29 is 13.2 Å². The van der Waals surface area contributed by atoms with Crippen molar-refractivity contribution in [1.29, 1.82) is 0 Å². The maximum Gasteiger partial charge on any atom is 0.185 e. The molecule has 1 aliphatic rings. The van der Waals surface area contributed by atoms with Gasteiger partial charge in [-0.05, 0) is 36.8 Å². The molecular formula is C19H17ClN2O3S2. The number of sulfone groups is 1. The normalized spacial score (nSPS) is 13.9. The Balaban J connectivity index is 1.71. The summed E-state index contributed by atoms with van der Waals surface area (Å²) in [5, 5.41) is 3.04. The maximum absolute atomic E-state index is 12.7. The number of benzene rings is 2. The smallest absolute Gasteiger partial charge is 0.185 e. The van der Waals surface area contributed by atoms with Crippen LogP contribution in [0.15, 0.2) is 52.9 Å². The molecule has 5 nitrogen and oxygen atoms in total. The molecule has 0 unspecified atom stereocenters. The third-order valence-electron chi connectivity index (χ3n) is 4.48. The van der Waals surface area contributed by atoms with Gasteiger partial charge < -0.3 is 9.64 Å². The van der Waals surface area contributed by atoms with Crippen LogP contribution >= 0.6 is 22.9 Å². The van der Waals surface area contributed by atoms with Crippen molar-refractivity contribution in [3.8, 4) is 5.75 Å². The predicted molar refractivity (Wildman–Crippen MR) is 108 cm³/mol. The van der Waals surface area contributed by atoms with Crippen LogP contribution in [0.1, 0.15) is 10.6 Å². The van der Waals surface area contributed by atoms with Gasteiger partial charge in [0.05, 0.1) is 17.1 Å². The third-order valence-corrected chi connectivity index (χ3v) is 7.48. The Labute approximate surface area is 167 Å². The molecule has 0 atom stereocenters. The van der Waals surface area contributed by atoms with Crippen molar-refractivity contribution in [2.75, 3.05) is 18.1 Å². The van der Waals surface area contributed by atoms with Gasteiger partial charge in [-0.3, -0.25) is 0 Å². The molecule has 0 amide bonds. The molecule has 3 aromatic rings. The van der Waals surface area contributed by atoms with E-state index in [1.54, 1.807) is 29.8 Å². The second-order valence-corrected chi connectivity index (χ2v) is 9.57. The van der Waals surface area contributed by atoms with Crippen molar-refractivity contribution in [3.63, 3.8) is 0 Å². The van der Waals surface area contributed by atoms with Crippen LogP contribution in [-0.2, 0) is 15.6 Å². The summed E-state index contributed by atoms with van der Waals surface area (Å²) in [6, 6.07) is 10.8. The van der Waals surface area contributed by atoms with Crippen molar-refractivity contribution in [2.24, 2.45) is 0 Å². The van der Waals surface area contributed by atoms with Gasteiger partial charge in [-0.2, -0.15) is 0 Å². The Morgan fingerprint density at radius 3 is 2.89 bits per heavy atom. The number of nitrogens with zero attached hydrogens (tertiary/aromatic N) is 2. The highest BCUT2D eigenvalue weighted by Gasteiger charge is 2.25. The molecule has 1 aliphatic heterocycles. The number of rotatable bonds is 4. The molecule has 0 saturated carbocycles. The maximum atomic E-state index is 12.7. The molecule has 140 valence electrons. The van der Waals surface area contributed by atoms with E-state index in [4.69, 9.17) is 16.3 Å². The molecular weight excluding hydrogens is 404 g/mol. The van der Waals surface area contributed by atoms with E-state index in [-0.39, 0.29) is 10.6 Å². The SMILES string of the molecule is Cc1c(Cl)cccc1N1CCOc2cc(S(=O)(=O)Cc3nccs3)ccc21. The number of fused-ring (bicyclic) bond motifs is 1. The monoisotopic (exact) mass is 420 g/mol. The zero-order chi connectivity index (χ0) is 19.0. The lowest BCUT2D eigenvalue weighted by atomic mass is 10.1. The topological polar surface area (TPSA) is 59.5 Å². The van der Waals surface area contributed by atoms with Gasteiger partial charge in [0.25, 0.3) is 0 Å². The summed E-state index contributed by atoms with van der Waals surface area (Å²) in [5.41, 5.74) is 2.80. The van der Waals surface area contributed by atoms with E-state index < -0.39 is 9.84 Å². The summed E-state index contributed by atoms with van der Waals surface area (Å²) in [4.78, 5) is 6.42. The first kappa shape index (κ1) is 18.3. The number of hydrogen-bond donors (Lipinski definition) is 0. The Morgan fingerprint density at radius 2 is 2.11 bits per heavy atom. The Hall–Kier alpha value is -2.09. The summed E-state index contributed by atoms with van der Waals surface area (Å²) in [5.74, 6) is 0.446. The van der Waals surface area contributed by atoms with E-state index in [1.165, 1.54) is 11.3 Å². The van der Waals surface area contributed by atoms with Gasteiger partial charge >= 0.3 is 0 Å². The number of hydrogen-bond acceptors (Lipinski definition) is 6. The van der Waals surface area contributed by atoms with Crippen LogP contribution in [0.4, 0.5) is 11.4 Å². The van der Waals surface area contributed by atoms with E-state index in [9.17, 15) is 8.42 Å². The van der Waals surface area contributed by atoms with Gasteiger partial charge in [0.1, 0.15) is 23.1 Å². The van der Waals surface area contributed by atoms with Gasteiger partial charge in [0.2, 0.25) is 0 Å². The molecule has 0 spiro atoms. The van der Waals surface area contributed by atoms with E-state index >= 15 is 0 Å². The van der Waals surface area contributed by atoms with E-state index in [0.29, 0.717) is 28.9 Å². The van der Waals surface area contributed by atoms with E-state index in [0.717, 1.165) is 16.9 Å². The lowest BCUT2D eigenvalue weighted by Crippen LogP contribution is -2.29. The zero-order valence-electron chi connectivity index (χ0n) is 14.6.